The Morgan fingerprint density at radius 1 is 1.50 bits per heavy atom. The van der Waals surface area contributed by atoms with Crippen molar-refractivity contribution >= 4 is 11.9 Å². The molecule has 2 rings (SSSR count). The molecule has 0 saturated heterocycles. The van der Waals surface area contributed by atoms with Gasteiger partial charge >= 0.3 is 6.09 Å². The molecule has 3 atom stereocenters. The van der Waals surface area contributed by atoms with Gasteiger partial charge in [0.15, 0.2) is 0 Å². The Morgan fingerprint density at radius 3 is 2.60 bits per heavy atom. The van der Waals surface area contributed by atoms with Crippen LogP contribution in [-0.2, 0) is 5.54 Å². The summed E-state index contributed by atoms with van der Waals surface area (Å²) >= 11 is 0. The van der Waals surface area contributed by atoms with Gasteiger partial charge in [-0.05, 0) is 33.6 Å². The third kappa shape index (κ3) is 2.92. The summed E-state index contributed by atoms with van der Waals surface area (Å²) < 4.78 is 15.0. The maximum absolute atomic E-state index is 13.4. The van der Waals surface area contributed by atoms with E-state index in [-0.39, 0.29) is 12.3 Å². The number of nitrogens with one attached hydrogen (secondary N) is 1. The van der Waals surface area contributed by atoms with Gasteiger partial charge in [0.1, 0.15) is 12.0 Å². The Labute approximate surface area is 116 Å². The molecule has 1 aliphatic carbocycles. The summed E-state index contributed by atoms with van der Waals surface area (Å²) in [6, 6.07) is 1.62. The van der Waals surface area contributed by atoms with Crippen molar-refractivity contribution in [2.24, 2.45) is 0 Å². The van der Waals surface area contributed by atoms with Crippen LogP contribution in [0.15, 0.2) is 6.07 Å². The Balaban J connectivity index is 2.32. The van der Waals surface area contributed by atoms with Crippen LogP contribution in [0.1, 0.15) is 45.2 Å². The van der Waals surface area contributed by atoms with Crippen molar-refractivity contribution in [2.45, 2.75) is 57.3 Å². The summed E-state index contributed by atoms with van der Waals surface area (Å²) in [4.78, 5) is 10.8. The molecule has 0 unspecified atom stereocenters. The van der Waals surface area contributed by atoms with Gasteiger partial charge in [0, 0.05) is 12.0 Å². The monoisotopic (exact) mass is 285 g/mol. The van der Waals surface area contributed by atoms with E-state index in [9.17, 15) is 14.3 Å². The number of alkyl halides is 1. The molecular weight excluding hydrogens is 265 g/mol. The van der Waals surface area contributed by atoms with Crippen LogP contribution in [-0.4, -0.2) is 38.4 Å². The fourth-order valence-electron chi connectivity index (χ4n) is 2.51. The van der Waals surface area contributed by atoms with E-state index in [0.717, 1.165) is 0 Å². The van der Waals surface area contributed by atoms with Crippen molar-refractivity contribution < 1.29 is 19.4 Å². The summed E-state index contributed by atoms with van der Waals surface area (Å²) in [6.07, 6.45) is -2.84. The van der Waals surface area contributed by atoms with E-state index in [4.69, 9.17) is 5.11 Å². The van der Waals surface area contributed by atoms with Gasteiger partial charge in [-0.15, -0.1) is 0 Å². The molecule has 1 aromatic rings. The predicted molar refractivity (Wildman–Crippen MR) is 71.7 cm³/mol. The minimum Gasteiger partial charge on any atom is -0.465 e. The summed E-state index contributed by atoms with van der Waals surface area (Å²) in [6.45, 7) is 5.70. The van der Waals surface area contributed by atoms with Crippen LogP contribution >= 0.6 is 0 Å². The first-order valence-electron chi connectivity index (χ1n) is 6.61. The topological polar surface area (TPSA) is 87.4 Å². The fraction of sp³-hybridized carbons (Fsp3) is 0.692. The molecule has 7 heteroatoms. The second kappa shape index (κ2) is 5.05. The molecule has 1 amide bonds. The highest BCUT2D eigenvalue weighted by Gasteiger charge is 2.36. The zero-order valence-electron chi connectivity index (χ0n) is 11.8. The van der Waals surface area contributed by atoms with Crippen LogP contribution in [0.4, 0.5) is 15.0 Å². The van der Waals surface area contributed by atoms with Crippen molar-refractivity contribution in [3.8, 4) is 0 Å². The van der Waals surface area contributed by atoms with Gasteiger partial charge in [-0.3, -0.25) is 5.32 Å². The second-order valence-electron chi connectivity index (χ2n) is 6.22. The van der Waals surface area contributed by atoms with Crippen molar-refractivity contribution in [1.29, 1.82) is 0 Å². The average Bonchev–Trinajstić information content (AvgIpc) is 2.82. The Morgan fingerprint density at radius 2 is 2.15 bits per heavy atom. The number of aromatic nitrogens is 2. The Kier molecular flexibility index (Phi) is 3.73. The molecule has 6 nitrogen and oxygen atoms in total. The zero-order valence-corrected chi connectivity index (χ0v) is 11.8. The van der Waals surface area contributed by atoms with E-state index in [1.165, 1.54) is 0 Å². The second-order valence-corrected chi connectivity index (χ2v) is 6.22. The molecular formula is C13H20FN3O3. The minimum absolute atomic E-state index is 0.182. The Bertz CT molecular complexity index is 499. The van der Waals surface area contributed by atoms with E-state index < -0.39 is 23.9 Å². The molecule has 3 N–H and O–H groups in total. The molecule has 0 aromatic carbocycles. The number of rotatable bonds is 2. The maximum Gasteiger partial charge on any atom is 0.410 e. The van der Waals surface area contributed by atoms with Crippen LogP contribution in [0.25, 0.3) is 0 Å². The van der Waals surface area contributed by atoms with Crippen molar-refractivity contribution in [1.82, 2.24) is 9.78 Å². The summed E-state index contributed by atoms with van der Waals surface area (Å²) in [5, 5.41) is 25.1. The van der Waals surface area contributed by atoms with Crippen LogP contribution in [0.2, 0.25) is 0 Å². The molecule has 0 spiro atoms. The van der Waals surface area contributed by atoms with Gasteiger partial charge < -0.3 is 10.2 Å². The van der Waals surface area contributed by atoms with E-state index in [2.05, 4.69) is 10.4 Å². The minimum atomic E-state index is -1.24. The number of aliphatic hydroxyl groups is 1. The van der Waals surface area contributed by atoms with Gasteiger partial charge in [-0.1, -0.05) is 0 Å². The highest BCUT2D eigenvalue weighted by atomic mass is 19.1. The molecule has 1 heterocycles. The SMILES string of the molecule is CC(C)(C)n1nc([C@@H]2C[C@@H](O)[C@H](F)C2)cc1NC(=O)O. The zero-order chi connectivity index (χ0) is 15.1. The summed E-state index contributed by atoms with van der Waals surface area (Å²) in [5.41, 5.74) is 0.213. The summed E-state index contributed by atoms with van der Waals surface area (Å²) in [7, 11) is 0. The van der Waals surface area contributed by atoms with E-state index in [1.54, 1.807) is 10.7 Å². The highest BCUT2D eigenvalue weighted by molar-refractivity contribution is 5.81. The number of aliphatic hydroxyl groups excluding tert-OH is 1. The molecule has 1 saturated carbocycles. The lowest BCUT2D eigenvalue weighted by Crippen LogP contribution is -2.26. The number of hydrogen-bond donors (Lipinski definition) is 3. The molecule has 1 aromatic heterocycles. The van der Waals surface area contributed by atoms with Gasteiger partial charge in [0.25, 0.3) is 0 Å². The first-order chi connectivity index (χ1) is 9.18. The Hall–Kier alpha value is -1.63. The lowest BCUT2D eigenvalue weighted by atomic mass is 10.0. The molecule has 0 aliphatic heterocycles. The number of carboxylic acid groups (broad SMARTS) is 1. The van der Waals surface area contributed by atoms with Crippen molar-refractivity contribution in [3.05, 3.63) is 11.8 Å². The number of halogens is 1. The van der Waals surface area contributed by atoms with Crippen LogP contribution < -0.4 is 5.32 Å². The number of hydrogen-bond acceptors (Lipinski definition) is 3. The summed E-state index contributed by atoms with van der Waals surface area (Å²) in [5.74, 6) is 0.176. The van der Waals surface area contributed by atoms with Gasteiger partial charge in [0.2, 0.25) is 0 Å². The number of nitrogens with zero attached hydrogens (tertiary/aromatic N) is 2. The average molecular weight is 285 g/mol. The van der Waals surface area contributed by atoms with E-state index in [1.807, 2.05) is 20.8 Å². The molecule has 112 valence electrons. The highest BCUT2D eigenvalue weighted by Crippen LogP contribution is 2.37. The molecule has 1 aliphatic rings. The number of anilines is 1. The van der Waals surface area contributed by atoms with E-state index in [0.29, 0.717) is 17.9 Å². The largest absolute Gasteiger partial charge is 0.465 e. The molecule has 0 bridgehead atoms. The van der Waals surface area contributed by atoms with Crippen LogP contribution in [0, 0.1) is 0 Å². The van der Waals surface area contributed by atoms with Gasteiger partial charge in [-0.2, -0.15) is 5.10 Å². The van der Waals surface area contributed by atoms with Crippen LogP contribution in [0.5, 0.6) is 0 Å². The quantitative estimate of drug-likeness (QED) is 0.778. The molecule has 20 heavy (non-hydrogen) atoms. The van der Waals surface area contributed by atoms with Gasteiger partial charge in [0.05, 0.1) is 17.3 Å². The molecule has 1 fully saturated rings. The fourth-order valence-corrected chi connectivity index (χ4v) is 2.51. The third-order valence-electron chi connectivity index (χ3n) is 3.47. The number of amides is 1. The lowest BCUT2D eigenvalue weighted by molar-refractivity contribution is 0.103. The first-order valence-corrected chi connectivity index (χ1v) is 6.61. The maximum atomic E-state index is 13.4. The smallest absolute Gasteiger partial charge is 0.410 e. The number of carbonyl (C=O) groups is 1. The van der Waals surface area contributed by atoms with Crippen LogP contribution in [0.3, 0.4) is 0 Å². The third-order valence-corrected chi connectivity index (χ3v) is 3.47. The van der Waals surface area contributed by atoms with Crippen molar-refractivity contribution in [3.63, 3.8) is 0 Å². The van der Waals surface area contributed by atoms with E-state index >= 15 is 0 Å². The molecule has 0 radical (unpaired) electrons. The lowest BCUT2D eigenvalue weighted by Gasteiger charge is -2.22. The van der Waals surface area contributed by atoms with Gasteiger partial charge in [-0.25, -0.2) is 13.9 Å². The predicted octanol–water partition coefficient (Wildman–Crippen LogP) is 2.30. The first kappa shape index (κ1) is 14.8. The standard InChI is InChI=1S/C13H20FN3O3/c1-13(2,3)17-11(15-12(19)20)6-9(16-17)7-4-8(14)10(18)5-7/h6-8,10,15,18H,4-5H2,1-3H3,(H,19,20)/t7-,8+,10+/m0/s1. The normalized spacial score (nSPS) is 26.8. The van der Waals surface area contributed by atoms with Crippen molar-refractivity contribution in [2.75, 3.05) is 5.32 Å².